The first kappa shape index (κ1) is 12.4. The summed E-state index contributed by atoms with van der Waals surface area (Å²) in [6, 6.07) is 4.66. The van der Waals surface area contributed by atoms with E-state index in [1.165, 1.54) is 31.0 Å². The number of hydrogen-bond acceptors (Lipinski definition) is 1. The zero-order chi connectivity index (χ0) is 13.4. The maximum Gasteiger partial charge on any atom is 0.0361 e. The normalized spacial score (nSPS) is 20.1. The Morgan fingerprint density at radius 2 is 1.68 bits per heavy atom. The Hall–Kier alpha value is -1.60. The van der Waals surface area contributed by atoms with E-state index in [1.807, 2.05) is 11.3 Å². The molecule has 1 unspecified atom stereocenters. The molecule has 1 heteroatoms. The molecule has 0 saturated heterocycles. The first-order valence-electron chi connectivity index (χ1n) is 6.78. The van der Waals surface area contributed by atoms with E-state index in [0.717, 1.165) is 0 Å². The average molecular weight is 266 g/mol. The van der Waals surface area contributed by atoms with Crippen LogP contribution < -0.4 is 9.75 Å². The summed E-state index contributed by atoms with van der Waals surface area (Å²) in [7, 11) is 0. The molecule has 0 spiro atoms. The lowest BCUT2D eigenvalue weighted by Gasteiger charge is -2.00. The molecule has 1 aliphatic carbocycles. The molecule has 3 rings (SSSR count). The van der Waals surface area contributed by atoms with E-state index in [4.69, 9.17) is 0 Å². The van der Waals surface area contributed by atoms with E-state index in [9.17, 15) is 0 Å². The van der Waals surface area contributed by atoms with Gasteiger partial charge in [-0.3, -0.25) is 0 Å². The second kappa shape index (κ2) is 4.82. The Morgan fingerprint density at radius 3 is 2.32 bits per heavy atom. The molecule has 96 valence electrons. The second-order valence-electron chi connectivity index (χ2n) is 5.01. The highest BCUT2D eigenvalue weighted by Crippen LogP contribution is 2.25. The van der Waals surface area contributed by atoms with Crippen LogP contribution in [0.4, 0.5) is 0 Å². The van der Waals surface area contributed by atoms with Crippen LogP contribution in [-0.2, 0) is 0 Å². The summed E-state index contributed by atoms with van der Waals surface area (Å²) in [5.74, 6) is 0.516. The van der Waals surface area contributed by atoms with Gasteiger partial charge >= 0.3 is 0 Å². The fourth-order valence-electron chi connectivity index (χ4n) is 2.59. The van der Waals surface area contributed by atoms with Crippen LogP contribution in [0.1, 0.15) is 31.9 Å². The Morgan fingerprint density at radius 1 is 1.00 bits per heavy atom. The van der Waals surface area contributed by atoms with E-state index in [2.05, 4.69) is 69.4 Å². The predicted molar refractivity (Wildman–Crippen MR) is 88.6 cm³/mol. The molecule has 2 aromatic rings. The van der Waals surface area contributed by atoms with E-state index < -0.39 is 0 Å². The highest BCUT2D eigenvalue weighted by molar-refractivity contribution is 7.17. The van der Waals surface area contributed by atoms with Crippen molar-refractivity contribution >= 4 is 45.7 Å². The van der Waals surface area contributed by atoms with Crippen molar-refractivity contribution in [3.05, 3.63) is 45.2 Å². The summed E-state index contributed by atoms with van der Waals surface area (Å²) < 4.78 is 2.76. The van der Waals surface area contributed by atoms with Crippen molar-refractivity contribution in [2.75, 3.05) is 0 Å². The predicted octanol–water partition coefficient (Wildman–Crippen LogP) is 4.18. The van der Waals surface area contributed by atoms with Crippen LogP contribution in [0.5, 0.6) is 0 Å². The molecule has 0 amide bonds. The third-order valence-electron chi connectivity index (χ3n) is 3.67. The van der Waals surface area contributed by atoms with Crippen molar-refractivity contribution in [3.8, 4) is 0 Å². The van der Waals surface area contributed by atoms with Gasteiger partial charge in [-0.1, -0.05) is 43.4 Å². The monoisotopic (exact) mass is 266 g/mol. The first-order chi connectivity index (χ1) is 9.22. The van der Waals surface area contributed by atoms with Gasteiger partial charge in [0.25, 0.3) is 0 Å². The number of thiophene rings is 1. The maximum absolute atomic E-state index is 2.34. The largest absolute Gasteiger partial charge is 0.136 e. The molecule has 0 N–H and O–H groups in total. The summed E-state index contributed by atoms with van der Waals surface area (Å²) in [5.41, 5.74) is 2.66. The molecule has 1 aliphatic rings. The van der Waals surface area contributed by atoms with Crippen molar-refractivity contribution in [1.82, 2.24) is 0 Å². The topological polar surface area (TPSA) is 0 Å². The maximum atomic E-state index is 2.34. The number of fused-ring (bicyclic) bond motifs is 2. The quantitative estimate of drug-likeness (QED) is 0.671. The molecule has 0 bridgehead atoms. The van der Waals surface area contributed by atoms with Crippen LogP contribution in [0, 0.1) is 5.92 Å². The second-order valence-corrected chi connectivity index (χ2v) is 6.10. The molecule has 0 aliphatic heterocycles. The van der Waals surface area contributed by atoms with Crippen LogP contribution in [0.25, 0.3) is 34.4 Å². The lowest BCUT2D eigenvalue weighted by atomic mass is 10.0. The Balaban J connectivity index is 2.39. The van der Waals surface area contributed by atoms with Crippen molar-refractivity contribution in [3.63, 3.8) is 0 Å². The third kappa shape index (κ3) is 2.08. The zero-order valence-corrected chi connectivity index (χ0v) is 12.4. The van der Waals surface area contributed by atoms with Crippen LogP contribution in [-0.4, -0.2) is 0 Å². The van der Waals surface area contributed by atoms with E-state index >= 15 is 0 Å². The summed E-state index contributed by atoms with van der Waals surface area (Å²) in [6.45, 7) is 6.46. The third-order valence-corrected chi connectivity index (χ3v) is 4.90. The lowest BCUT2D eigenvalue weighted by Crippen LogP contribution is -2.17. The SMILES string of the molecule is C/C=c1\c(=C/C)sc2cc3c(cc12)C=CC(C)C=C3. The fraction of sp³-hybridized carbons (Fsp3) is 0.222. The highest BCUT2D eigenvalue weighted by Gasteiger charge is 2.07. The van der Waals surface area contributed by atoms with Gasteiger partial charge in [0.15, 0.2) is 0 Å². The number of hydrogen-bond donors (Lipinski definition) is 0. The van der Waals surface area contributed by atoms with Gasteiger partial charge in [0.2, 0.25) is 0 Å². The minimum Gasteiger partial charge on any atom is -0.136 e. The van der Waals surface area contributed by atoms with Gasteiger partial charge in [-0.2, -0.15) is 0 Å². The molecule has 1 aromatic heterocycles. The van der Waals surface area contributed by atoms with E-state index in [1.54, 1.807) is 0 Å². The highest BCUT2D eigenvalue weighted by atomic mass is 32.1. The molecule has 0 fully saturated rings. The fourth-order valence-corrected chi connectivity index (χ4v) is 3.75. The summed E-state index contributed by atoms with van der Waals surface area (Å²) in [4.78, 5) is 0. The smallest absolute Gasteiger partial charge is 0.0361 e. The van der Waals surface area contributed by atoms with Gasteiger partial charge in [0, 0.05) is 14.6 Å². The van der Waals surface area contributed by atoms with Crippen LogP contribution in [0.15, 0.2) is 24.3 Å². The minimum atomic E-state index is 0.516. The van der Waals surface area contributed by atoms with Gasteiger partial charge in [-0.25, -0.2) is 0 Å². The van der Waals surface area contributed by atoms with Gasteiger partial charge in [-0.05, 0) is 48.2 Å². The van der Waals surface area contributed by atoms with Crippen LogP contribution in [0.3, 0.4) is 0 Å². The molecule has 1 aromatic carbocycles. The number of rotatable bonds is 0. The molecule has 0 nitrogen and oxygen atoms in total. The number of allylic oxidation sites excluding steroid dienone is 2. The van der Waals surface area contributed by atoms with E-state index in [0.29, 0.717) is 5.92 Å². The lowest BCUT2D eigenvalue weighted by molar-refractivity contribution is 0.954. The molecular formula is C18H18S. The van der Waals surface area contributed by atoms with Gasteiger partial charge in [0.1, 0.15) is 0 Å². The standard InChI is InChI=1S/C18H18S/c1-4-15-16-10-13-8-6-12(3)7-9-14(13)11-18(16)19-17(15)5-2/h4-12H,1-3H3/b15-4-,17-5+. The Labute approximate surface area is 118 Å². The van der Waals surface area contributed by atoms with Gasteiger partial charge in [0.05, 0.1) is 0 Å². The summed E-state index contributed by atoms with van der Waals surface area (Å²) >= 11 is 1.88. The molecule has 0 saturated carbocycles. The van der Waals surface area contributed by atoms with Crippen molar-refractivity contribution in [1.29, 1.82) is 0 Å². The van der Waals surface area contributed by atoms with Gasteiger partial charge < -0.3 is 0 Å². The zero-order valence-electron chi connectivity index (χ0n) is 11.6. The first-order valence-corrected chi connectivity index (χ1v) is 7.60. The van der Waals surface area contributed by atoms with E-state index in [-0.39, 0.29) is 0 Å². The van der Waals surface area contributed by atoms with Crippen LogP contribution >= 0.6 is 11.3 Å². The summed E-state index contributed by atoms with van der Waals surface area (Å²) in [5, 5.41) is 2.76. The molecule has 1 atom stereocenters. The molecule has 19 heavy (non-hydrogen) atoms. The number of benzene rings is 1. The molecular weight excluding hydrogens is 248 g/mol. The Kier molecular flexibility index (Phi) is 3.16. The van der Waals surface area contributed by atoms with Crippen molar-refractivity contribution < 1.29 is 0 Å². The Bertz CT molecular complexity index is 800. The summed E-state index contributed by atoms with van der Waals surface area (Å²) in [6.07, 6.45) is 13.5. The molecule has 1 heterocycles. The van der Waals surface area contributed by atoms with Crippen LogP contribution in [0.2, 0.25) is 0 Å². The molecule has 0 radical (unpaired) electrons. The average Bonchev–Trinajstić information content (AvgIpc) is 2.67. The van der Waals surface area contributed by atoms with Gasteiger partial charge in [-0.15, -0.1) is 11.3 Å². The van der Waals surface area contributed by atoms with Crippen molar-refractivity contribution in [2.24, 2.45) is 5.92 Å². The minimum absolute atomic E-state index is 0.516. The van der Waals surface area contributed by atoms with Crippen molar-refractivity contribution in [2.45, 2.75) is 20.8 Å².